The summed E-state index contributed by atoms with van der Waals surface area (Å²) in [5.74, 6) is 1.66. The summed E-state index contributed by atoms with van der Waals surface area (Å²) in [6.07, 6.45) is 9.26. The number of carbonyl (C=O) groups is 4. The van der Waals surface area contributed by atoms with Crippen LogP contribution in [0, 0.1) is 11.6 Å². The first-order chi connectivity index (χ1) is 39.0. The molecule has 0 radical (unpaired) electrons. The zero-order valence-electron chi connectivity index (χ0n) is 45.1. The van der Waals surface area contributed by atoms with Crippen LogP contribution < -0.4 is 41.7 Å². The molecular weight excluding hydrogens is 1050 g/mol. The number of nitrogen functional groups attached to an aromatic ring is 1. The summed E-state index contributed by atoms with van der Waals surface area (Å²) < 4.78 is 41.6. The summed E-state index contributed by atoms with van der Waals surface area (Å²) in [5.41, 5.74) is 8.11. The monoisotopic (exact) mass is 1130 g/mol. The molecule has 24 heteroatoms. The van der Waals surface area contributed by atoms with E-state index in [0.29, 0.717) is 56.3 Å². The number of rotatable bonds is 7. The molecule has 6 fully saturated rings. The lowest BCUT2D eigenvalue weighted by Gasteiger charge is -2.34. The number of morpholine rings is 3. The van der Waals surface area contributed by atoms with Crippen LogP contribution in [0.15, 0.2) is 104 Å². The van der Waals surface area contributed by atoms with Crippen molar-refractivity contribution < 1.29 is 42.2 Å². The molecule has 0 unspecified atom stereocenters. The number of piperidine rings is 1. The zero-order valence-corrected chi connectivity index (χ0v) is 45.8. The molecule has 5 amide bonds. The molecule has 0 saturated carbocycles. The summed E-state index contributed by atoms with van der Waals surface area (Å²) in [5, 5.41) is 11.6. The maximum absolute atomic E-state index is 13.4. The largest absolute Gasteiger partial charge is 0.397 e. The number of halogens is 3. The van der Waals surface area contributed by atoms with E-state index < -0.39 is 16.9 Å². The summed E-state index contributed by atoms with van der Waals surface area (Å²) in [7, 11) is 0. The highest BCUT2D eigenvalue weighted by Gasteiger charge is 2.26. The minimum absolute atomic E-state index is 0.0579. The van der Waals surface area contributed by atoms with Gasteiger partial charge in [0.2, 0.25) is 0 Å². The van der Waals surface area contributed by atoms with Crippen molar-refractivity contribution in [2.24, 2.45) is 0 Å². The molecule has 0 aliphatic carbocycles. The molecule has 0 spiro atoms. The number of aromatic nitrogens is 3. The highest BCUT2D eigenvalue weighted by molar-refractivity contribution is 6.67. The highest BCUT2D eigenvalue weighted by atomic mass is 35.5. The zero-order chi connectivity index (χ0) is 56.3. The van der Waals surface area contributed by atoms with Crippen LogP contribution in [0.5, 0.6) is 0 Å². The Morgan fingerprint density at radius 2 is 0.900 bits per heavy atom. The molecule has 6 aliphatic heterocycles. The Bertz CT molecular complexity index is 2660. The van der Waals surface area contributed by atoms with Gasteiger partial charge in [-0.05, 0) is 110 Å². The lowest BCUT2D eigenvalue weighted by molar-refractivity contribution is 0.0671. The van der Waals surface area contributed by atoms with Crippen molar-refractivity contribution in [3.63, 3.8) is 0 Å². The number of hydrogen-bond donors (Lipinski definition) is 5. The number of carbonyl (C=O) groups excluding carboxylic acids is 4. The van der Waals surface area contributed by atoms with Crippen LogP contribution in [-0.4, -0.2) is 197 Å². The van der Waals surface area contributed by atoms with Gasteiger partial charge in [-0.15, -0.1) is 0 Å². The maximum Gasteiger partial charge on any atom is 0.322 e. The Kier molecular flexibility index (Phi) is 24.7. The van der Waals surface area contributed by atoms with Crippen LogP contribution in [0.25, 0.3) is 0 Å². The van der Waals surface area contributed by atoms with E-state index in [1.54, 1.807) is 34.5 Å². The number of urea groups is 2. The third kappa shape index (κ3) is 20.1. The number of nitrogens with one attached hydrogen (secondary N) is 4. The predicted molar refractivity (Wildman–Crippen MR) is 306 cm³/mol. The Hall–Kier alpha value is -7.28. The highest BCUT2D eigenvalue weighted by Crippen LogP contribution is 2.19. The molecule has 6 N–H and O–H groups in total. The van der Waals surface area contributed by atoms with Crippen LogP contribution in [0.1, 0.15) is 40.0 Å². The first-order valence-electron chi connectivity index (χ1n) is 27.1. The molecule has 2 aromatic carbocycles. The van der Waals surface area contributed by atoms with Gasteiger partial charge in [-0.2, -0.15) is 0 Å². The number of hydrogen-bond acceptors (Lipinski definition) is 16. The number of anilines is 6. The third-order valence-electron chi connectivity index (χ3n) is 13.4. The molecule has 6 saturated heterocycles. The molecule has 9 heterocycles. The topological polar surface area (TPSA) is 228 Å². The smallest absolute Gasteiger partial charge is 0.322 e. The Morgan fingerprint density at radius 1 is 0.487 bits per heavy atom. The maximum atomic E-state index is 13.4. The van der Waals surface area contributed by atoms with Crippen LogP contribution in [0.3, 0.4) is 0 Å². The Balaban J connectivity index is 0.000000159. The first kappa shape index (κ1) is 60.4. The van der Waals surface area contributed by atoms with Gasteiger partial charge < -0.3 is 70.6 Å². The molecular formula is C56H73ClF2N14O7. The fraction of sp³-hybridized carbons (Fsp3) is 0.446. The summed E-state index contributed by atoms with van der Waals surface area (Å²) in [6.45, 7) is 16.9. The fourth-order valence-corrected chi connectivity index (χ4v) is 8.98. The molecule has 80 heavy (non-hydrogen) atoms. The van der Waals surface area contributed by atoms with E-state index in [0.717, 1.165) is 121 Å². The standard InChI is InChI=1S/C21H24FN5O3.C14H21N5O2.C9H13N3O.C7H4ClFO.C5H11N/c22-17-3-1-2-16(14-17)20(28)26-6-8-27(9-7-26)21(29)24-18-4-5-19(23-15-18)25-10-12-30-13-11-25;20-14(19-5-3-15-4-6-19)17-12-1-2-13(16-11-12)18-7-9-21-10-8-18;10-8-1-2-9(11-7-8)12-3-5-13-6-4-12;8-7(10)5-2-1-3-6(9)4-5;1-2-4-6-5-3-1/h1-5,14-15H,6-13H2,(H,24,29);1-2,11,15H,3-10H2,(H,17,20);1-2,7H,3-6,10H2;1-4H;6H,1-5H2. The summed E-state index contributed by atoms with van der Waals surface area (Å²) in [6, 6.07) is 22.0. The van der Waals surface area contributed by atoms with Crippen molar-refractivity contribution in [3.05, 3.63) is 126 Å². The summed E-state index contributed by atoms with van der Waals surface area (Å²) in [4.78, 5) is 72.3. The van der Waals surface area contributed by atoms with E-state index in [4.69, 9.17) is 31.5 Å². The van der Waals surface area contributed by atoms with Gasteiger partial charge in [0.1, 0.15) is 29.1 Å². The molecule has 11 rings (SSSR count). The second kappa shape index (κ2) is 32.7. The van der Waals surface area contributed by atoms with Crippen LogP contribution in [0.2, 0.25) is 0 Å². The van der Waals surface area contributed by atoms with Gasteiger partial charge in [0, 0.05) is 103 Å². The second-order valence-corrected chi connectivity index (χ2v) is 19.4. The van der Waals surface area contributed by atoms with Crippen molar-refractivity contribution in [3.8, 4) is 0 Å². The van der Waals surface area contributed by atoms with E-state index in [1.165, 1.54) is 68.8 Å². The average molecular weight is 1130 g/mol. The van der Waals surface area contributed by atoms with Crippen molar-refractivity contribution in [1.82, 2.24) is 40.3 Å². The average Bonchev–Trinajstić information content (AvgIpc) is 3.52. The van der Waals surface area contributed by atoms with Gasteiger partial charge in [-0.25, -0.2) is 33.3 Å². The second-order valence-electron chi connectivity index (χ2n) is 19.0. The van der Waals surface area contributed by atoms with Gasteiger partial charge in [0.25, 0.3) is 11.1 Å². The molecule has 5 aromatic rings. The number of ether oxygens (including phenoxy) is 3. The van der Waals surface area contributed by atoms with Gasteiger partial charge in [-0.3, -0.25) is 9.59 Å². The molecule has 430 valence electrons. The number of piperazine rings is 2. The predicted octanol–water partition coefficient (Wildman–Crippen LogP) is 5.87. The number of pyridine rings is 3. The van der Waals surface area contributed by atoms with Gasteiger partial charge >= 0.3 is 12.1 Å². The number of amides is 5. The number of benzene rings is 2. The minimum atomic E-state index is -0.639. The SMILES string of the molecule is C1CCNCC1.Nc1ccc(N2CCOCC2)nc1.O=C(Cl)c1cccc(F)c1.O=C(Nc1ccc(N2CCOCC2)nc1)N1CCN(C(=O)c2cccc(F)c2)CC1.O=C(Nc1ccc(N2CCOCC2)nc1)N1CCNCC1. The van der Waals surface area contributed by atoms with E-state index >= 15 is 0 Å². The van der Waals surface area contributed by atoms with E-state index in [-0.39, 0.29) is 23.5 Å². The van der Waals surface area contributed by atoms with Gasteiger partial charge in [-0.1, -0.05) is 18.6 Å². The molecule has 6 aliphatic rings. The lowest BCUT2D eigenvalue weighted by Crippen LogP contribution is -2.51. The van der Waals surface area contributed by atoms with Crippen molar-refractivity contribution in [2.45, 2.75) is 19.3 Å². The third-order valence-corrected chi connectivity index (χ3v) is 13.6. The normalized spacial score (nSPS) is 17.3. The van der Waals surface area contributed by atoms with E-state index in [2.05, 4.69) is 50.9 Å². The van der Waals surface area contributed by atoms with Crippen molar-refractivity contribution in [1.29, 1.82) is 0 Å². The summed E-state index contributed by atoms with van der Waals surface area (Å²) >= 11 is 5.07. The van der Waals surface area contributed by atoms with Crippen LogP contribution >= 0.6 is 11.6 Å². The van der Waals surface area contributed by atoms with Crippen molar-refractivity contribution in [2.75, 3.05) is 175 Å². The van der Waals surface area contributed by atoms with E-state index in [9.17, 15) is 28.0 Å². The van der Waals surface area contributed by atoms with Crippen LogP contribution in [0.4, 0.5) is 52.9 Å². The number of nitrogens with two attached hydrogens (primary N) is 1. The minimum Gasteiger partial charge on any atom is -0.397 e. The van der Waals surface area contributed by atoms with Crippen molar-refractivity contribution >= 4 is 69.3 Å². The van der Waals surface area contributed by atoms with Gasteiger partial charge in [0.15, 0.2) is 0 Å². The Morgan fingerprint density at radius 3 is 1.27 bits per heavy atom. The fourth-order valence-electron chi connectivity index (χ4n) is 8.86. The molecule has 21 nitrogen and oxygen atoms in total. The molecule has 0 atom stereocenters. The van der Waals surface area contributed by atoms with E-state index in [1.807, 2.05) is 41.3 Å². The first-order valence-corrected chi connectivity index (χ1v) is 27.5. The molecule has 0 bridgehead atoms. The number of nitrogens with zero attached hydrogens (tertiary/aromatic N) is 9. The van der Waals surface area contributed by atoms with Crippen LogP contribution in [-0.2, 0) is 14.2 Å². The molecule has 3 aromatic heterocycles. The lowest BCUT2D eigenvalue weighted by atomic mass is 10.2. The Labute approximate surface area is 471 Å². The quantitative estimate of drug-likeness (QED) is 0.120. The van der Waals surface area contributed by atoms with Gasteiger partial charge in [0.05, 0.1) is 75.3 Å².